The zero-order valence-corrected chi connectivity index (χ0v) is 6.72. The Morgan fingerprint density at radius 2 is 1.90 bits per heavy atom. The molecule has 0 aromatic carbocycles. The molecule has 0 radical (unpaired) electrons. The van der Waals surface area contributed by atoms with Gasteiger partial charge < -0.3 is 0 Å². The van der Waals surface area contributed by atoms with Crippen LogP contribution in [-0.4, -0.2) is 30.1 Å². The van der Waals surface area contributed by atoms with Crippen LogP contribution in [0.25, 0.3) is 0 Å². The van der Waals surface area contributed by atoms with Gasteiger partial charge in [0, 0.05) is 0 Å². The third-order valence-electron chi connectivity index (χ3n) is 1.69. The van der Waals surface area contributed by atoms with Crippen LogP contribution in [0.5, 0.6) is 0 Å². The Labute approximate surface area is 61.0 Å². The van der Waals surface area contributed by atoms with Crippen LogP contribution < -0.4 is 0 Å². The molecule has 1 atom stereocenters. The number of hydrogen-bond donors (Lipinski definition) is 0. The molecule has 60 valence electrons. The van der Waals surface area contributed by atoms with Crippen molar-refractivity contribution in [2.45, 2.75) is 26.8 Å². The summed E-state index contributed by atoms with van der Waals surface area (Å²) < 4.78 is 12.0. The maximum Gasteiger partial charge on any atom is 0.318 e. The Morgan fingerprint density at radius 1 is 1.50 bits per heavy atom. The summed E-state index contributed by atoms with van der Waals surface area (Å²) in [6, 6.07) is -1.82. The van der Waals surface area contributed by atoms with E-state index in [9.17, 15) is 9.18 Å². The lowest BCUT2D eigenvalue weighted by Gasteiger charge is -2.21. The highest BCUT2D eigenvalue weighted by Gasteiger charge is 2.17. The van der Waals surface area contributed by atoms with Gasteiger partial charge in [0.25, 0.3) is 0 Å². The molecular weight excluding hydrogens is 133 g/mol. The molecule has 0 amide bonds. The van der Waals surface area contributed by atoms with Crippen LogP contribution in [-0.2, 0) is 4.79 Å². The van der Waals surface area contributed by atoms with Gasteiger partial charge in [-0.1, -0.05) is 13.8 Å². The number of rotatable bonds is 4. The molecule has 0 saturated heterocycles. The van der Waals surface area contributed by atoms with Gasteiger partial charge in [-0.25, -0.2) is 0 Å². The summed E-state index contributed by atoms with van der Waals surface area (Å²) in [7, 11) is 0. The predicted molar refractivity (Wildman–Crippen MR) is 38.5 cm³/mol. The van der Waals surface area contributed by atoms with E-state index in [-0.39, 0.29) is 0 Å². The molecule has 10 heavy (non-hydrogen) atoms. The Kier molecular flexibility index (Phi) is 4.19. The third-order valence-corrected chi connectivity index (χ3v) is 1.69. The van der Waals surface area contributed by atoms with E-state index < -0.39 is 12.1 Å². The van der Waals surface area contributed by atoms with Crippen LogP contribution >= 0.6 is 0 Å². The third kappa shape index (κ3) is 2.43. The fourth-order valence-electron chi connectivity index (χ4n) is 0.915. The second-order valence-corrected chi connectivity index (χ2v) is 2.20. The van der Waals surface area contributed by atoms with Crippen LogP contribution in [0.15, 0.2) is 0 Å². The van der Waals surface area contributed by atoms with E-state index in [1.165, 1.54) is 0 Å². The normalized spacial score (nSPS) is 13.7. The first-order valence-electron chi connectivity index (χ1n) is 3.56. The van der Waals surface area contributed by atoms with Crippen molar-refractivity contribution in [2.75, 3.05) is 13.1 Å². The van der Waals surface area contributed by atoms with Crippen LogP contribution in [0.2, 0.25) is 0 Å². The predicted octanol–water partition coefficient (Wildman–Crippen LogP) is 1.21. The highest BCUT2D eigenvalue weighted by molar-refractivity contribution is 5.73. The molecule has 1 unspecified atom stereocenters. The van der Waals surface area contributed by atoms with E-state index in [1.54, 1.807) is 11.8 Å². The van der Waals surface area contributed by atoms with Crippen molar-refractivity contribution in [1.82, 2.24) is 4.90 Å². The quantitative estimate of drug-likeness (QED) is 0.557. The Balaban J connectivity index is 3.88. The summed E-state index contributed by atoms with van der Waals surface area (Å²) in [5.74, 6) is 0. The van der Waals surface area contributed by atoms with Crippen LogP contribution in [0, 0.1) is 0 Å². The van der Waals surface area contributed by atoms with Crippen molar-refractivity contribution in [3.05, 3.63) is 0 Å². The molecule has 2 nitrogen and oxygen atoms in total. The van der Waals surface area contributed by atoms with E-state index in [1.807, 2.05) is 13.8 Å². The molecule has 3 heteroatoms. The van der Waals surface area contributed by atoms with Gasteiger partial charge in [0.2, 0.25) is 0 Å². The van der Waals surface area contributed by atoms with Gasteiger partial charge in [-0.3, -0.25) is 9.69 Å². The SMILES string of the molecule is CCN(CC)C(C)C(=O)F. The van der Waals surface area contributed by atoms with Gasteiger partial charge in [-0.2, -0.15) is 4.39 Å². The molecule has 0 rings (SSSR count). The summed E-state index contributed by atoms with van der Waals surface area (Å²) >= 11 is 0. The van der Waals surface area contributed by atoms with Crippen LogP contribution in [0.1, 0.15) is 20.8 Å². The molecule has 0 bridgehead atoms. The summed E-state index contributed by atoms with van der Waals surface area (Å²) in [6.07, 6.45) is 0. The first-order valence-corrected chi connectivity index (χ1v) is 3.56. The molecule has 0 heterocycles. The molecule has 0 fully saturated rings. The highest BCUT2D eigenvalue weighted by atomic mass is 19.1. The lowest BCUT2D eigenvalue weighted by Crippen LogP contribution is -2.36. The van der Waals surface area contributed by atoms with E-state index in [0.29, 0.717) is 13.1 Å². The van der Waals surface area contributed by atoms with E-state index in [2.05, 4.69) is 0 Å². The van der Waals surface area contributed by atoms with Gasteiger partial charge >= 0.3 is 6.04 Å². The average molecular weight is 147 g/mol. The molecule has 0 aromatic rings. The van der Waals surface area contributed by atoms with Crippen molar-refractivity contribution in [1.29, 1.82) is 0 Å². The summed E-state index contributed by atoms with van der Waals surface area (Å²) in [6.45, 7) is 6.82. The topological polar surface area (TPSA) is 20.3 Å². The minimum absolute atomic E-state index is 0.574. The lowest BCUT2D eigenvalue weighted by atomic mass is 10.3. The zero-order valence-electron chi connectivity index (χ0n) is 6.72. The van der Waals surface area contributed by atoms with Gasteiger partial charge in [0.05, 0.1) is 6.04 Å². The molecule has 0 saturated carbocycles. The summed E-state index contributed by atoms with van der Waals surface area (Å²) in [4.78, 5) is 12.0. The Hall–Kier alpha value is -0.440. The zero-order chi connectivity index (χ0) is 8.15. The summed E-state index contributed by atoms with van der Waals surface area (Å²) in [5.41, 5.74) is 0. The van der Waals surface area contributed by atoms with Gasteiger partial charge in [0.1, 0.15) is 0 Å². The van der Waals surface area contributed by atoms with Crippen LogP contribution in [0.3, 0.4) is 0 Å². The van der Waals surface area contributed by atoms with Crippen LogP contribution in [0.4, 0.5) is 4.39 Å². The largest absolute Gasteiger partial charge is 0.318 e. The first kappa shape index (κ1) is 9.56. The number of carbonyl (C=O) groups is 1. The molecular formula is C7H14FNO. The van der Waals surface area contributed by atoms with Gasteiger partial charge in [-0.05, 0) is 20.0 Å². The average Bonchev–Trinajstić information content (AvgIpc) is 1.90. The number of halogens is 1. The van der Waals surface area contributed by atoms with Gasteiger partial charge in [-0.15, -0.1) is 0 Å². The fraction of sp³-hybridized carbons (Fsp3) is 0.857. The Bertz CT molecular complexity index is 112. The van der Waals surface area contributed by atoms with Gasteiger partial charge in [0.15, 0.2) is 0 Å². The maximum absolute atomic E-state index is 12.0. The van der Waals surface area contributed by atoms with Crippen molar-refractivity contribution >= 4 is 6.04 Å². The van der Waals surface area contributed by atoms with E-state index >= 15 is 0 Å². The maximum atomic E-state index is 12.0. The lowest BCUT2D eigenvalue weighted by molar-refractivity contribution is -0.134. The first-order chi connectivity index (χ1) is 4.63. The standard InChI is InChI=1S/C7H14FNO/c1-4-9(5-2)6(3)7(8)10/h6H,4-5H2,1-3H3. The number of hydrogen-bond acceptors (Lipinski definition) is 2. The minimum Gasteiger partial charge on any atom is -0.292 e. The minimum atomic E-state index is -1.25. The molecule has 0 aromatic heterocycles. The van der Waals surface area contributed by atoms with Crippen molar-refractivity contribution in [3.63, 3.8) is 0 Å². The fourth-order valence-corrected chi connectivity index (χ4v) is 0.915. The smallest absolute Gasteiger partial charge is 0.292 e. The molecule has 0 aliphatic carbocycles. The highest BCUT2D eigenvalue weighted by Crippen LogP contribution is 1.99. The van der Waals surface area contributed by atoms with E-state index in [4.69, 9.17) is 0 Å². The second-order valence-electron chi connectivity index (χ2n) is 2.20. The monoisotopic (exact) mass is 147 g/mol. The number of carbonyl (C=O) groups excluding carboxylic acids is 1. The molecule has 0 aliphatic heterocycles. The molecule has 0 spiro atoms. The van der Waals surface area contributed by atoms with Crippen molar-refractivity contribution in [3.8, 4) is 0 Å². The van der Waals surface area contributed by atoms with E-state index in [0.717, 1.165) is 0 Å². The number of nitrogens with zero attached hydrogens (tertiary/aromatic N) is 1. The molecule has 0 N–H and O–H groups in total. The van der Waals surface area contributed by atoms with Crippen molar-refractivity contribution < 1.29 is 9.18 Å². The molecule has 0 aliphatic rings. The van der Waals surface area contributed by atoms with Crippen molar-refractivity contribution in [2.24, 2.45) is 0 Å². The number of likely N-dealkylation sites (N-methyl/N-ethyl adjacent to an activating group) is 1. The summed E-state index contributed by atoms with van der Waals surface area (Å²) in [5, 5.41) is 0. The second kappa shape index (κ2) is 4.39. The Morgan fingerprint density at radius 3 is 2.00 bits per heavy atom.